The SMILES string of the molecule is [Ni].[S-]/C(N=Nc1ccccc1)=N\[N-]c1ccccc1.[S-]/C(N=Nc1ccccc1)=N\[N-]c1ccccc1. The van der Waals surface area contributed by atoms with Crippen LogP contribution in [-0.2, 0) is 41.7 Å². The van der Waals surface area contributed by atoms with E-state index in [1.807, 2.05) is 121 Å². The second-order valence-corrected chi connectivity index (χ2v) is 7.44. The van der Waals surface area contributed by atoms with Crippen LogP contribution < -0.4 is 0 Å². The number of benzene rings is 4. The van der Waals surface area contributed by atoms with Gasteiger partial charge in [0, 0.05) is 26.8 Å². The summed E-state index contributed by atoms with van der Waals surface area (Å²) in [5, 5.41) is 23.3. The van der Waals surface area contributed by atoms with Crippen molar-refractivity contribution in [3.8, 4) is 0 Å². The predicted octanol–water partition coefficient (Wildman–Crippen LogP) is 8.58. The molecule has 0 bridgehead atoms. The van der Waals surface area contributed by atoms with Crippen LogP contribution in [0.4, 0.5) is 22.7 Å². The van der Waals surface area contributed by atoms with E-state index in [1.54, 1.807) is 0 Å². The second kappa shape index (κ2) is 17.4. The molecule has 0 aliphatic rings. The van der Waals surface area contributed by atoms with Gasteiger partial charge in [-0.15, -0.1) is 11.4 Å². The first-order chi connectivity index (χ1) is 17.7. The van der Waals surface area contributed by atoms with Crippen LogP contribution in [0.1, 0.15) is 0 Å². The quantitative estimate of drug-likeness (QED) is 0.0582. The zero-order chi connectivity index (χ0) is 25.3. The first kappa shape index (κ1) is 29.2. The van der Waals surface area contributed by atoms with Gasteiger partial charge in [0.25, 0.3) is 0 Å². The van der Waals surface area contributed by atoms with E-state index in [-0.39, 0.29) is 26.8 Å². The van der Waals surface area contributed by atoms with Gasteiger partial charge in [-0.05, 0) is 24.3 Å². The van der Waals surface area contributed by atoms with E-state index in [2.05, 4.69) is 41.5 Å². The normalized spacial score (nSPS) is 11.4. The summed E-state index contributed by atoms with van der Waals surface area (Å²) in [4.78, 5) is 0. The molecule has 0 radical (unpaired) electrons. The van der Waals surface area contributed by atoms with Crippen molar-refractivity contribution >= 4 is 58.3 Å². The van der Waals surface area contributed by atoms with E-state index in [4.69, 9.17) is 25.3 Å². The van der Waals surface area contributed by atoms with Crippen molar-refractivity contribution in [2.45, 2.75) is 0 Å². The van der Waals surface area contributed by atoms with Crippen molar-refractivity contribution in [3.05, 3.63) is 132 Å². The molecule has 0 amide bonds. The standard InChI is InChI=1S/2C13H11N4S.Ni/c2*18-13(16-14-11-7-3-1-4-8-11)17-15-12-9-5-2-6-10-12;/h2*1-10H,(H-,14,15,16,17,18);/q2*-1;/p-2. The number of hydrogen-bond donors (Lipinski definition) is 0. The van der Waals surface area contributed by atoms with E-state index in [0.717, 1.165) is 22.7 Å². The molecule has 4 aromatic carbocycles. The molecule has 0 heterocycles. The van der Waals surface area contributed by atoms with Crippen LogP contribution >= 0.6 is 0 Å². The maximum atomic E-state index is 4.93. The van der Waals surface area contributed by atoms with Crippen molar-refractivity contribution in [2.24, 2.45) is 30.7 Å². The van der Waals surface area contributed by atoms with Crippen LogP contribution in [0.15, 0.2) is 152 Å². The Bertz CT molecular complexity index is 1180. The van der Waals surface area contributed by atoms with Gasteiger partial charge >= 0.3 is 0 Å². The van der Waals surface area contributed by atoms with Crippen LogP contribution in [0, 0.1) is 0 Å². The summed E-state index contributed by atoms with van der Waals surface area (Å²) < 4.78 is 0. The van der Waals surface area contributed by atoms with E-state index in [9.17, 15) is 0 Å². The van der Waals surface area contributed by atoms with Gasteiger partial charge < -0.3 is 46.3 Å². The van der Waals surface area contributed by atoms with Gasteiger partial charge in [0.2, 0.25) is 0 Å². The van der Waals surface area contributed by atoms with Crippen molar-refractivity contribution in [1.29, 1.82) is 0 Å². The third kappa shape index (κ3) is 12.5. The molecular weight excluding hydrogens is 547 g/mol. The third-order valence-electron chi connectivity index (χ3n) is 4.03. The fourth-order valence-electron chi connectivity index (χ4n) is 2.42. The summed E-state index contributed by atoms with van der Waals surface area (Å²) >= 11 is 9.86. The van der Waals surface area contributed by atoms with E-state index in [1.165, 1.54) is 0 Å². The molecule has 4 aromatic rings. The molecular formula is C26H20N8NiS2-4. The van der Waals surface area contributed by atoms with Crippen LogP contribution in [0.25, 0.3) is 10.9 Å². The zero-order valence-corrected chi connectivity index (χ0v) is 21.9. The van der Waals surface area contributed by atoms with Gasteiger partial charge in [-0.25, -0.2) is 0 Å². The Morgan fingerprint density at radius 2 is 0.757 bits per heavy atom. The first-order valence-corrected chi connectivity index (χ1v) is 11.5. The maximum Gasteiger partial charge on any atom is 0.0856 e. The Morgan fingerprint density at radius 3 is 1.08 bits per heavy atom. The molecule has 37 heavy (non-hydrogen) atoms. The molecule has 0 atom stereocenters. The molecule has 0 spiro atoms. The average molecular weight is 567 g/mol. The molecule has 0 aromatic heterocycles. The van der Waals surface area contributed by atoms with Gasteiger partial charge in [-0.2, -0.15) is 20.5 Å². The van der Waals surface area contributed by atoms with Gasteiger partial charge in [-0.3, -0.25) is 0 Å². The minimum atomic E-state index is 0. The van der Waals surface area contributed by atoms with Crippen LogP contribution in [0.2, 0.25) is 0 Å². The Labute approximate surface area is 236 Å². The number of rotatable bonds is 6. The largest absolute Gasteiger partial charge is 0.740 e. The number of hydrogen-bond acceptors (Lipinski definition) is 6. The fraction of sp³-hybridized carbons (Fsp3) is 0. The van der Waals surface area contributed by atoms with Crippen molar-refractivity contribution in [2.75, 3.05) is 0 Å². The van der Waals surface area contributed by atoms with E-state index in [0.29, 0.717) is 0 Å². The molecule has 8 nitrogen and oxygen atoms in total. The molecule has 0 N–H and O–H groups in total. The molecule has 0 saturated carbocycles. The van der Waals surface area contributed by atoms with E-state index >= 15 is 0 Å². The summed E-state index contributed by atoms with van der Waals surface area (Å²) in [5.74, 6) is 0. The number of nitrogens with zero attached hydrogens (tertiary/aromatic N) is 8. The Hall–Kier alpha value is -4.05. The predicted molar refractivity (Wildman–Crippen MR) is 150 cm³/mol. The maximum absolute atomic E-state index is 4.93. The average Bonchev–Trinajstić information content (AvgIpc) is 2.95. The molecule has 4 rings (SSSR count). The summed E-state index contributed by atoms with van der Waals surface area (Å²) in [6.45, 7) is 0. The summed E-state index contributed by atoms with van der Waals surface area (Å²) in [6.07, 6.45) is 0. The van der Waals surface area contributed by atoms with Crippen molar-refractivity contribution in [1.82, 2.24) is 0 Å². The summed E-state index contributed by atoms with van der Waals surface area (Å²) in [6, 6.07) is 37.3. The monoisotopic (exact) mass is 566 g/mol. The molecule has 0 aliphatic carbocycles. The number of amidine groups is 2. The van der Waals surface area contributed by atoms with Gasteiger partial charge in [0.1, 0.15) is 0 Å². The number of azo groups is 2. The Kier molecular flexibility index (Phi) is 13.7. The molecule has 11 heteroatoms. The van der Waals surface area contributed by atoms with Crippen LogP contribution in [0.5, 0.6) is 0 Å². The zero-order valence-electron chi connectivity index (χ0n) is 19.3. The van der Waals surface area contributed by atoms with Crippen LogP contribution in [-0.4, -0.2) is 10.3 Å². The van der Waals surface area contributed by atoms with Gasteiger partial charge in [-0.1, -0.05) is 97.1 Å². The Balaban J connectivity index is 0.000000253. The van der Waals surface area contributed by atoms with Gasteiger partial charge in [0.05, 0.1) is 11.4 Å². The first-order valence-electron chi connectivity index (χ1n) is 10.6. The molecule has 0 fully saturated rings. The smallest absolute Gasteiger partial charge is 0.0856 e. The molecule has 0 aliphatic heterocycles. The van der Waals surface area contributed by atoms with Crippen LogP contribution in [0.3, 0.4) is 0 Å². The van der Waals surface area contributed by atoms with E-state index < -0.39 is 0 Å². The molecule has 0 unspecified atom stereocenters. The molecule has 190 valence electrons. The molecule has 0 saturated heterocycles. The second-order valence-electron chi connectivity index (χ2n) is 6.71. The van der Waals surface area contributed by atoms with Crippen molar-refractivity contribution < 1.29 is 16.5 Å². The third-order valence-corrected chi connectivity index (χ3v) is 4.36. The summed E-state index contributed by atoms with van der Waals surface area (Å²) in [5.41, 5.74) is 10.8. The fourth-order valence-corrected chi connectivity index (χ4v) is 2.58. The Morgan fingerprint density at radius 1 is 0.459 bits per heavy atom. The summed E-state index contributed by atoms with van der Waals surface area (Å²) in [7, 11) is 0. The minimum absolute atomic E-state index is 0. The van der Waals surface area contributed by atoms with Crippen molar-refractivity contribution in [3.63, 3.8) is 0 Å². The van der Waals surface area contributed by atoms with Gasteiger partial charge in [0.15, 0.2) is 0 Å². The minimum Gasteiger partial charge on any atom is -0.740 e. The topological polar surface area (TPSA) is 102 Å².